The van der Waals surface area contributed by atoms with Crippen LogP contribution in [-0.4, -0.2) is 32.5 Å². The van der Waals surface area contributed by atoms with Crippen molar-refractivity contribution in [3.63, 3.8) is 0 Å². The van der Waals surface area contributed by atoms with Crippen molar-refractivity contribution in [2.45, 2.75) is 25.4 Å². The summed E-state index contributed by atoms with van der Waals surface area (Å²) >= 11 is 0. The van der Waals surface area contributed by atoms with Crippen molar-refractivity contribution in [2.75, 3.05) is 26.4 Å². The Labute approximate surface area is 67.3 Å². The lowest BCUT2D eigenvalue weighted by atomic mass is 10.1. The Bertz CT molecular complexity index is 89.3. The van der Waals surface area contributed by atoms with Crippen LogP contribution in [0.5, 0.6) is 0 Å². The van der Waals surface area contributed by atoms with Gasteiger partial charge in [0.1, 0.15) is 0 Å². The van der Waals surface area contributed by atoms with Crippen LogP contribution in [0.2, 0.25) is 0 Å². The third kappa shape index (κ3) is 3.70. The number of hydrogen-bond donors (Lipinski definition) is 0. The fourth-order valence-corrected chi connectivity index (χ4v) is 1.15. The summed E-state index contributed by atoms with van der Waals surface area (Å²) < 4.78 is 10.6. The van der Waals surface area contributed by atoms with Crippen LogP contribution in [0, 0.1) is 0 Å². The van der Waals surface area contributed by atoms with Gasteiger partial charge >= 0.3 is 0 Å². The highest BCUT2D eigenvalue weighted by atomic mass is 16.5. The van der Waals surface area contributed by atoms with Crippen molar-refractivity contribution in [2.24, 2.45) is 0 Å². The number of hydrogen-bond acceptors (Lipinski definition) is 2. The molecule has 0 amide bonds. The molecule has 0 saturated carbocycles. The third-order valence-electron chi connectivity index (χ3n) is 1.81. The van der Waals surface area contributed by atoms with Crippen LogP contribution < -0.4 is 0 Å². The Morgan fingerprint density at radius 2 is 2.09 bits per heavy atom. The molecule has 0 aliphatic carbocycles. The first-order valence-corrected chi connectivity index (χ1v) is 4.21. The fraction of sp³-hybridized carbons (Fsp3) is 1.00. The van der Waals surface area contributed by atoms with Crippen molar-refractivity contribution in [1.29, 1.82) is 0 Å². The van der Waals surface area contributed by atoms with Gasteiger partial charge in [-0.15, -0.1) is 0 Å². The first kappa shape index (κ1) is 8.97. The molecule has 1 heterocycles. The van der Waals surface area contributed by atoms with Gasteiger partial charge in [-0.25, -0.2) is 5.11 Å². The van der Waals surface area contributed by atoms with Gasteiger partial charge in [-0.2, -0.15) is 0 Å². The van der Waals surface area contributed by atoms with Crippen LogP contribution in [0.3, 0.4) is 0 Å². The Kier molecular flexibility index (Phi) is 4.50. The molecular weight excluding hydrogens is 144 g/mol. The minimum absolute atomic E-state index is 0.0246. The minimum Gasteiger partial charge on any atom is -0.381 e. The first-order chi connectivity index (χ1) is 5.43. The van der Waals surface area contributed by atoms with Crippen LogP contribution >= 0.6 is 0 Å². The largest absolute Gasteiger partial charge is 0.381 e. The standard InChI is InChI=1S/C8H15O3/c9-4-1-5-11-8-2-6-10-7-3-8/h8H,1-7H2. The molecule has 1 radical (unpaired) electrons. The van der Waals surface area contributed by atoms with Gasteiger partial charge in [0, 0.05) is 19.8 Å². The smallest absolute Gasteiger partial charge is 0.0844 e. The topological polar surface area (TPSA) is 38.4 Å². The van der Waals surface area contributed by atoms with E-state index in [0.29, 0.717) is 19.1 Å². The van der Waals surface area contributed by atoms with E-state index in [-0.39, 0.29) is 6.61 Å². The molecule has 0 N–H and O–H groups in total. The van der Waals surface area contributed by atoms with Gasteiger partial charge in [-0.05, 0) is 19.3 Å². The zero-order chi connectivity index (χ0) is 7.94. The van der Waals surface area contributed by atoms with Crippen molar-refractivity contribution in [3.8, 4) is 0 Å². The molecule has 3 nitrogen and oxygen atoms in total. The second kappa shape index (κ2) is 5.52. The molecule has 3 heteroatoms. The van der Waals surface area contributed by atoms with E-state index in [4.69, 9.17) is 9.47 Å². The Hall–Kier alpha value is -0.120. The minimum atomic E-state index is -0.0246. The lowest BCUT2D eigenvalue weighted by Crippen LogP contribution is -2.23. The predicted octanol–water partition coefficient (Wildman–Crippen LogP) is 1.00. The van der Waals surface area contributed by atoms with Crippen molar-refractivity contribution >= 4 is 0 Å². The summed E-state index contributed by atoms with van der Waals surface area (Å²) in [6.45, 7) is 2.21. The van der Waals surface area contributed by atoms with E-state index in [0.717, 1.165) is 26.1 Å². The maximum Gasteiger partial charge on any atom is 0.0844 e. The molecule has 0 aromatic rings. The molecular formula is C8H15O3. The molecule has 1 fully saturated rings. The van der Waals surface area contributed by atoms with Gasteiger partial charge in [0.05, 0.1) is 12.7 Å². The monoisotopic (exact) mass is 159 g/mol. The van der Waals surface area contributed by atoms with Crippen LogP contribution in [0.15, 0.2) is 0 Å². The zero-order valence-corrected chi connectivity index (χ0v) is 6.75. The fourth-order valence-electron chi connectivity index (χ4n) is 1.15. The molecule has 1 saturated heterocycles. The summed E-state index contributed by atoms with van der Waals surface area (Å²) in [6.07, 6.45) is 2.95. The van der Waals surface area contributed by atoms with E-state index in [1.807, 2.05) is 0 Å². The van der Waals surface area contributed by atoms with Gasteiger partial charge in [0.15, 0.2) is 0 Å². The van der Waals surface area contributed by atoms with Gasteiger partial charge in [0.2, 0.25) is 0 Å². The highest BCUT2D eigenvalue weighted by Gasteiger charge is 2.13. The van der Waals surface area contributed by atoms with Crippen LogP contribution in [-0.2, 0) is 14.6 Å². The molecule has 0 unspecified atom stereocenters. The maximum absolute atomic E-state index is 10.1. The molecule has 0 aromatic carbocycles. The third-order valence-corrected chi connectivity index (χ3v) is 1.81. The van der Waals surface area contributed by atoms with E-state index >= 15 is 0 Å². The summed E-state index contributed by atoms with van der Waals surface area (Å²) in [5.41, 5.74) is 0. The first-order valence-electron chi connectivity index (χ1n) is 4.21. The molecule has 1 aliphatic rings. The molecule has 1 aliphatic heterocycles. The normalized spacial score (nSPS) is 20.5. The summed E-state index contributed by atoms with van der Waals surface area (Å²) in [5, 5.41) is 10.1. The Morgan fingerprint density at radius 3 is 2.73 bits per heavy atom. The Balaban J connectivity index is 1.96. The van der Waals surface area contributed by atoms with E-state index in [2.05, 4.69) is 0 Å². The van der Waals surface area contributed by atoms with Gasteiger partial charge in [0.25, 0.3) is 0 Å². The molecule has 0 aromatic heterocycles. The molecule has 0 atom stereocenters. The van der Waals surface area contributed by atoms with E-state index < -0.39 is 0 Å². The molecule has 11 heavy (non-hydrogen) atoms. The number of rotatable bonds is 4. The summed E-state index contributed by atoms with van der Waals surface area (Å²) in [7, 11) is 0. The second-order valence-corrected chi connectivity index (χ2v) is 2.74. The quantitative estimate of drug-likeness (QED) is 0.574. The summed E-state index contributed by atoms with van der Waals surface area (Å²) in [5.74, 6) is 0. The average molecular weight is 159 g/mol. The zero-order valence-electron chi connectivity index (χ0n) is 6.75. The Morgan fingerprint density at radius 1 is 1.36 bits per heavy atom. The molecule has 0 bridgehead atoms. The second-order valence-electron chi connectivity index (χ2n) is 2.74. The van der Waals surface area contributed by atoms with E-state index in [1.54, 1.807) is 0 Å². The van der Waals surface area contributed by atoms with Crippen LogP contribution in [0.4, 0.5) is 0 Å². The van der Waals surface area contributed by atoms with Gasteiger partial charge in [-0.1, -0.05) is 0 Å². The summed E-state index contributed by atoms with van der Waals surface area (Å²) in [6, 6.07) is 0. The van der Waals surface area contributed by atoms with Gasteiger partial charge < -0.3 is 9.47 Å². The number of ether oxygens (including phenoxy) is 2. The predicted molar refractivity (Wildman–Crippen MR) is 40.0 cm³/mol. The van der Waals surface area contributed by atoms with Crippen molar-refractivity contribution < 1.29 is 14.6 Å². The molecule has 1 rings (SSSR count). The van der Waals surface area contributed by atoms with Crippen molar-refractivity contribution in [3.05, 3.63) is 0 Å². The lowest BCUT2D eigenvalue weighted by molar-refractivity contribution is -0.0363. The molecule has 0 spiro atoms. The highest BCUT2D eigenvalue weighted by molar-refractivity contribution is 4.61. The highest BCUT2D eigenvalue weighted by Crippen LogP contribution is 2.10. The van der Waals surface area contributed by atoms with Gasteiger partial charge in [-0.3, -0.25) is 0 Å². The van der Waals surface area contributed by atoms with Crippen LogP contribution in [0.1, 0.15) is 19.3 Å². The van der Waals surface area contributed by atoms with E-state index in [1.165, 1.54) is 0 Å². The lowest BCUT2D eigenvalue weighted by Gasteiger charge is -2.21. The maximum atomic E-state index is 10.1. The van der Waals surface area contributed by atoms with Crippen LogP contribution in [0.25, 0.3) is 0 Å². The SMILES string of the molecule is [O]CCCOC1CCOCC1. The van der Waals surface area contributed by atoms with Crippen molar-refractivity contribution in [1.82, 2.24) is 0 Å². The summed E-state index contributed by atoms with van der Waals surface area (Å²) in [4.78, 5) is 0. The molecule has 65 valence electrons. The average Bonchev–Trinajstić information content (AvgIpc) is 2.07. The van der Waals surface area contributed by atoms with E-state index in [9.17, 15) is 5.11 Å².